The third-order valence-electron chi connectivity index (χ3n) is 6.39. The van der Waals surface area contributed by atoms with Gasteiger partial charge in [0.25, 0.3) is 0 Å². The molecule has 0 amide bonds. The standard InChI is InChI=1S/C22H26F3N3O3S/c1-21(29,22(23,24)25)18-4-6-19(7-5-18)32(30,31)28-14-12-27(13-15-28)20(16-2-3-16)17-8-10-26-11-9-17/h4-11,16,20,29H,2-3,12-15H2,1H3. The molecule has 2 aromatic rings. The Balaban J connectivity index is 1.46. The molecule has 1 N–H and O–H groups in total. The number of sulfonamides is 1. The van der Waals surface area contributed by atoms with Gasteiger partial charge in [0.05, 0.1) is 4.90 Å². The van der Waals surface area contributed by atoms with Crippen LogP contribution in [0.1, 0.15) is 36.9 Å². The van der Waals surface area contributed by atoms with Crippen molar-refractivity contribution < 1.29 is 26.7 Å². The van der Waals surface area contributed by atoms with Crippen molar-refractivity contribution in [3.05, 3.63) is 59.9 Å². The van der Waals surface area contributed by atoms with Crippen LogP contribution in [0, 0.1) is 5.92 Å². The monoisotopic (exact) mass is 469 g/mol. The summed E-state index contributed by atoms with van der Waals surface area (Å²) in [6.07, 6.45) is 0.978. The lowest BCUT2D eigenvalue weighted by Crippen LogP contribution is -2.50. The summed E-state index contributed by atoms with van der Waals surface area (Å²) in [5.74, 6) is 0.564. The van der Waals surface area contributed by atoms with Gasteiger partial charge >= 0.3 is 6.18 Å². The fourth-order valence-electron chi connectivity index (χ4n) is 4.24. The zero-order valence-corrected chi connectivity index (χ0v) is 18.5. The van der Waals surface area contributed by atoms with Crippen LogP contribution in [-0.4, -0.2) is 60.1 Å². The van der Waals surface area contributed by atoms with Gasteiger partial charge in [0.15, 0.2) is 5.60 Å². The lowest BCUT2D eigenvalue weighted by atomic mass is 9.96. The molecule has 1 aromatic carbocycles. The Morgan fingerprint density at radius 1 is 1.00 bits per heavy atom. The van der Waals surface area contributed by atoms with Gasteiger partial charge in [-0.25, -0.2) is 8.42 Å². The molecule has 2 fully saturated rings. The number of hydrogen-bond donors (Lipinski definition) is 1. The highest BCUT2D eigenvalue weighted by Gasteiger charge is 2.51. The van der Waals surface area contributed by atoms with Crippen molar-refractivity contribution in [1.82, 2.24) is 14.2 Å². The molecule has 0 spiro atoms. The molecule has 6 nitrogen and oxygen atoms in total. The maximum absolute atomic E-state index is 13.1. The molecule has 32 heavy (non-hydrogen) atoms. The van der Waals surface area contributed by atoms with Gasteiger partial charge in [-0.3, -0.25) is 9.88 Å². The van der Waals surface area contributed by atoms with Gasteiger partial charge in [0, 0.05) is 44.6 Å². The van der Waals surface area contributed by atoms with E-state index in [1.165, 1.54) is 9.87 Å². The Kier molecular flexibility index (Phi) is 6.08. The Morgan fingerprint density at radius 2 is 1.56 bits per heavy atom. The van der Waals surface area contributed by atoms with Crippen LogP contribution in [0.15, 0.2) is 53.7 Å². The van der Waals surface area contributed by atoms with Crippen molar-refractivity contribution in [1.29, 1.82) is 0 Å². The highest BCUT2D eigenvalue weighted by Crippen LogP contribution is 2.45. The fraction of sp³-hybridized carbons (Fsp3) is 0.500. The zero-order chi connectivity index (χ0) is 23.1. The Hall–Kier alpha value is -2.01. The van der Waals surface area contributed by atoms with Gasteiger partial charge in [0.2, 0.25) is 10.0 Å². The van der Waals surface area contributed by atoms with E-state index in [9.17, 15) is 26.7 Å². The van der Waals surface area contributed by atoms with E-state index in [0.717, 1.165) is 37.1 Å². The van der Waals surface area contributed by atoms with Crippen molar-refractivity contribution in [2.24, 2.45) is 5.92 Å². The number of aliphatic hydroxyl groups is 1. The predicted molar refractivity (Wildman–Crippen MR) is 112 cm³/mol. The molecule has 2 aliphatic rings. The Bertz CT molecular complexity index is 1030. The molecule has 2 unspecified atom stereocenters. The fourth-order valence-corrected chi connectivity index (χ4v) is 5.66. The molecule has 0 bridgehead atoms. The molecule has 10 heteroatoms. The van der Waals surface area contributed by atoms with Crippen LogP contribution < -0.4 is 0 Å². The van der Waals surface area contributed by atoms with E-state index in [1.54, 1.807) is 12.4 Å². The molecular weight excluding hydrogens is 443 g/mol. The average molecular weight is 470 g/mol. The van der Waals surface area contributed by atoms with Gasteiger partial charge < -0.3 is 5.11 Å². The summed E-state index contributed by atoms with van der Waals surface area (Å²) in [5, 5.41) is 9.80. The van der Waals surface area contributed by atoms with Crippen LogP contribution in [0.25, 0.3) is 0 Å². The number of rotatable bonds is 6. The van der Waals surface area contributed by atoms with Crippen LogP contribution in [0.3, 0.4) is 0 Å². The van der Waals surface area contributed by atoms with Crippen molar-refractivity contribution in [2.45, 2.75) is 42.5 Å². The largest absolute Gasteiger partial charge is 0.421 e. The van der Waals surface area contributed by atoms with Crippen molar-refractivity contribution in [3.63, 3.8) is 0 Å². The lowest BCUT2D eigenvalue weighted by molar-refractivity contribution is -0.258. The topological polar surface area (TPSA) is 73.7 Å². The minimum Gasteiger partial charge on any atom is -0.376 e. The summed E-state index contributed by atoms with van der Waals surface area (Å²) in [5.41, 5.74) is -2.27. The van der Waals surface area contributed by atoms with Gasteiger partial charge in [-0.1, -0.05) is 12.1 Å². The van der Waals surface area contributed by atoms with E-state index < -0.39 is 27.4 Å². The molecule has 1 aliphatic heterocycles. The van der Waals surface area contributed by atoms with Crippen molar-refractivity contribution in [2.75, 3.05) is 26.2 Å². The van der Waals surface area contributed by atoms with Crippen molar-refractivity contribution in [3.8, 4) is 0 Å². The minimum absolute atomic E-state index is 0.0828. The first kappa shape index (κ1) is 23.2. The second-order valence-corrected chi connectivity index (χ2v) is 10.5. The van der Waals surface area contributed by atoms with E-state index in [4.69, 9.17) is 0 Å². The first-order valence-electron chi connectivity index (χ1n) is 10.6. The van der Waals surface area contributed by atoms with Gasteiger partial charge in [-0.2, -0.15) is 17.5 Å². The average Bonchev–Trinajstić information content (AvgIpc) is 3.59. The second-order valence-electron chi connectivity index (χ2n) is 8.60. The number of benzene rings is 1. The third-order valence-corrected chi connectivity index (χ3v) is 8.30. The number of halogens is 3. The van der Waals surface area contributed by atoms with Crippen LogP contribution in [-0.2, 0) is 15.6 Å². The minimum atomic E-state index is -4.86. The summed E-state index contributed by atoms with van der Waals surface area (Å²) in [4.78, 5) is 6.31. The summed E-state index contributed by atoms with van der Waals surface area (Å²) in [6, 6.07) is 8.54. The summed E-state index contributed by atoms with van der Waals surface area (Å²) < 4.78 is 66.6. The predicted octanol–water partition coefficient (Wildman–Crippen LogP) is 3.31. The number of alkyl halides is 3. The molecule has 2 atom stereocenters. The molecule has 4 rings (SSSR count). The summed E-state index contributed by atoms with van der Waals surface area (Å²) >= 11 is 0. The van der Waals surface area contributed by atoms with Crippen molar-refractivity contribution >= 4 is 10.0 Å². The molecule has 1 saturated heterocycles. The highest BCUT2D eigenvalue weighted by atomic mass is 32.2. The number of nitrogens with zero attached hydrogens (tertiary/aromatic N) is 3. The van der Waals surface area contributed by atoms with Gasteiger partial charge in [0.1, 0.15) is 0 Å². The van der Waals surface area contributed by atoms with E-state index in [2.05, 4.69) is 9.88 Å². The molecule has 1 aromatic heterocycles. The van der Waals surface area contributed by atoms with Crippen LogP contribution >= 0.6 is 0 Å². The summed E-state index contributed by atoms with van der Waals surface area (Å²) in [6.45, 7) is 2.40. The van der Waals surface area contributed by atoms with Gasteiger partial charge in [-0.05, 0) is 61.1 Å². The molecule has 2 heterocycles. The molecule has 1 aliphatic carbocycles. The lowest BCUT2D eigenvalue weighted by Gasteiger charge is -2.39. The smallest absolute Gasteiger partial charge is 0.376 e. The number of pyridine rings is 1. The Morgan fingerprint density at radius 3 is 2.06 bits per heavy atom. The zero-order valence-electron chi connectivity index (χ0n) is 17.7. The van der Waals surface area contributed by atoms with E-state index in [-0.39, 0.29) is 10.9 Å². The van der Waals surface area contributed by atoms with E-state index >= 15 is 0 Å². The maximum atomic E-state index is 13.1. The van der Waals surface area contributed by atoms with Gasteiger partial charge in [-0.15, -0.1) is 0 Å². The van der Waals surface area contributed by atoms with E-state index in [1.807, 2.05) is 12.1 Å². The van der Waals surface area contributed by atoms with Crippen LogP contribution in [0.2, 0.25) is 0 Å². The molecule has 1 saturated carbocycles. The normalized spacial score (nSPS) is 21.8. The SMILES string of the molecule is CC(O)(c1ccc(S(=O)(=O)N2CCN(C(c3ccncc3)C3CC3)CC2)cc1)C(F)(F)F. The van der Waals surface area contributed by atoms with E-state index in [0.29, 0.717) is 39.0 Å². The number of aromatic nitrogens is 1. The third kappa shape index (κ3) is 4.41. The first-order chi connectivity index (χ1) is 15.0. The summed E-state index contributed by atoms with van der Waals surface area (Å²) in [7, 11) is -3.84. The molecule has 174 valence electrons. The molecular formula is C22H26F3N3O3S. The number of hydrogen-bond acceptors (Lipinski definition) is 5. The second kappa shape index (κ2) is 8.40. The maximum Gasteiger partial charge on any atom is 0.421 e. The quantitative estimate of drug-likeness (QED) is 0.703. The Labute approximate surface area is 185 Å². The highest BCUT2D eigenvalue weighted by molar-refractivity contribution is 7.89. The molecule has 0 radical (unpaired) electrons. The number of piperazine rings is 1. The van der Waals surface area contributed by atoms with Crippen LogP contribution in [0.4, 0.5) is 13.2 Å². The first-order valence-corrected chi connectivity index (χ1v) is 12.0. The van der Waals surface area contributed by atoms with Crippen LogP contribution in [0.5, 0.6) is 0 Å².